The van der Waals surface area contributed by atoms with Crippen LogP contribution in [0.25, 0.3) is 39.7 Å². The van der Waals surface area contributed by atoms with Crippen LogP contribution in [-0.2, 0) is 0 Å². The van der Waals surface area contributed by atoms with Crippen LogP contribution in [0, 0.1) is 10.2 Å². The van der Waals surface area contributed by atoms with Gasteiger partial charge >= 0.3 is 11.3 Å². The molecule has 46 heavy (non-hydrogen) atoms. The lowest BCUT2D eigenvalue weighted by Crippen LogP contribution is -2.68. The Morgan fingerprint density at radius 2 is 1.28 bits per heavy atom. The Bertz CT molecular complexity index is 1910. The van der Waals surface area contributed by atoms with E-state index in [4.69, 9.17) is 27.8 Å². The first-order chi connectivity index (χ1) is 22.0. The van der Waals surface area contributed by atoms with Gasteiger partial charge in [-0.25, -0.2) is 23.1 Å². The van der Waals surface area contributed by atoms with E-state index in [1.54, 1.807) is 0 Å². The van der Waals surface area contributed by atoms with Crippen molar-refractivity contribution in [3.8, 4) is 17.1 Å². The quantitative estimate of drug-likeness (QED) is 0.253. The standard InChI is InChI=1S/C37H33N2O2.ClHO4/c1-38(2)30-18-20-32-28(22-34(40-36(32)24-30)26-12-7-5-8-13-26)16-11-17-29-23-35(27-14-9-6-10-15-27)41-37-25-31(39(3)4)19-21-33(29)37;2-1(3,4)5/h5-25H,1-4H3;(H,2,3,4,5)/q+1;/p-1. The molecule has 0 atom stereocenters. The molecule has 234 valence electrons. The molecule has 0 radical (unpaired) electrons. The molecule has 5 aromatic rings. The summed E-state index contributed by atoms with van der Waals surface area (Å²) in [4.78, 5) is 4.18. The van der Waals surface area contributed by atoms with Crippen LogP contribution in [0.2, 0.25) is 0 Å². The molecule has 1 aromatic heterocycles. The Morgan fingerprint density at radius 3 is 1.91 bits per heavy atom. The fourth-order valence-corrected chi connectivity index (χ4v) is 4.98. The summed E-state index contributed by atoms with van der Waals surface area (Å²) in [5.41, 5.74) is 8.38. The van der Waals surface area contributed by atoms with Crippen molar-refractivity contribution in [2.24, 2.45) is 0 Å². The van der Waals surface area contributed by atoms with Crippen molar-refractivity contribution >= 4 is 39.8 Å². The van der Waals surface area contributed by atoms with Gasteiger partial charge in [-0.05, 0) is 48.0 Å². The van der Waals surface area contributed by atoms with E-state index in [0.29, 0.717) is 0 Å². The van der Waals surface area contributed by atoms with Gasteiger partial charge in [0.25, 0.3) is 0 Å². The van der Waals surface area contributed by atoms with Gasteiger partial charge in [0.2, 0.25) is 0 Å². The maximum Gasteiger partial charge on any atom is 0.363 e. The number of halogens is 1. The molecule has 0 aliphatic carbocycles. The molecule has 8 nitrogen and oxygen atoms in total. The van der Waals surface area contributed by atoms with Gasteiger partial charge in [-0.15, -0.1) is 10.2 Å². The number of hydrogen-bond donors (Lipinski definition) is 0. The van der Waals surface area contributed by atoms with Crippen molar-refractivity contribution in [2.75, 3.05) is 38.0 Å². The molecule has 4 aromatic carbocycles. The highest BCUT2D eigenvalue weighted by molar-refractivity contribution is 5.92. The highest BCUT2D eigenvalue weighted by atomic mass is 35.7. The third-order valence-electron chi connectivity index (χ3n) is 7.27. The predicted octanol–water partition coefficient (Wildman–Crippen LogP) is 4.29. The van der Waals surface area contributed by atoms with Gasteiger partial charge in [-0.2, -0.15) is 0 Å². The van der Waals surface area contributed by atoms with E-state index in [1.165, 1.54) is 0 Å². The van der Waals surface area contributed by atoms with E-state index in [0.717, 1.165) is 67.4 Å². The summed E-state index contributed by atoms with van der Waals surface area (Å²) in [5.74, 6) is 2.52. The van der Waals surface area contributed by atoms with Crippen molar-refractivity contribution in [3.05, 3.63) is 138 Å². The zero-order chi connectivity index (χ0) is 32.8. The summed E-state index contributed by atoms with van der Waals surface area (Å²) in [5, 5.41) is 1.06. The summed E-state index contributed by atoms with van der Waals surface area (Å²) in [6, 6.07) is 35.3. The first-order valence-electron chi connectivity index (χ1n) is 14.4. The molecule has 1 aliphatic heterocycles. The highest BCUT2D eigenvalue weighted by Gasteiger charge is 2.20. The second kappa shape index (κ2) is 14.0. The van der Waals surface area contributed by atoms with Gasteiger partial charge in [0.05, 0.1) is 23.1 Å². The van der Waals surface area contributed by atoms with Crippen LogP contribution >= 0.6 is 0 Å². The van der Waals surface area contributed by atoms with Crippen molar-refractivity contribution in [2.45, 2.75) is 0 Å². The summed E-state index contributed by atoms with van der Waals surface area (Å²) in [6.07, 6.45) is 8.55. The second-order valence-electron chi connectivity index (χ2n) is 10.9. The fraction of sp³-hybridized carbons (Fsp3) is 0.108. The van der Waals surface area contributed by atoms with Crippen LogP contribution in [0.5, 0.6) is 5.75 Å². The van der Waals surface area contributed by atoms with E-state index in [9.17, 15) is 0 Å². The lowest BCUT2D eigenvalue weighted by atomic mass is 9.98. The van der Waals surface area contributed by atoms with Gasteiger partial charge in [0.15, 0.2) is 0 Å². The molecule has 0 amide bonds. The lowest BCUT2D eigenvalue weighted by molar-refractivity contribution is -2.00. The van der Waals surface area contributed by atoms with Gasteiger partial charge in [-0.1, -0.05) is 66.8 Å². The van der Waals surface area contributed by atoms with Crippen LogP contribution in [-0.4, -0.2) is 28.2 Å². The smallest absolute Gasteiger partial charge is 0.363 e. The molecule has 0 bridgehead atoms. The van der Waals surface area contributed by atoms with E-state index in [1.807, 2.05) is 64.6 Å². The molecule has 0 fully saturated rings. The second-order valence-corrected chi connectivity index (χ2v) is 11.7. The normalized spacial score (nSPS) is 13.5. The fourth-order valence-electron chi connectivity index (χ4n) is 4.98. The Balaban J connectivity index is 0.000000775. The van der Waals surface area contributed by atoms with Crippen molar-refractivity contribution in [1.82, 2.24) is 0 Å². The minimum atomic E-state index is -4.94. The largest absolute Gasteiger partial charge is 0.456 e. The van der Waals surface area contributed by atoms with Gasteiger partial charge < -0.3 is 14.5 Å². The molecular formula is C37H33ClN2O6. The van der Waals surface area contributed by atoms with Crippen LogP contribution in [0.4, 0.5) is 11.4 Å². The molecule has 0 unspecified atom stereocenters. The van der Waals surface area contributed by atoms with Gasteiger partial charge in [-0.3, -0.25) is 0 Å². The number of fused-ring (bicyclic) bond motifs is 2. The Morgan fingerprint density at radius 1 is 0.696 bits per heavy atom. The van der Waals surface area contributed by atoms with Gasteiger partial charge in [0, 0.05) is 62.3 Å². The number of benzene rings is 4. The number of hydrogen-bond acceptors (Lipinski definition) is 7. The van der Waals surface area contributed by atoms with E-state index >= 15 is 0 Å². The average Bonchev–Trinajstić information content (AvgIpc) is 3.04. The van der Waals surface area contributed by atoms with Crippen LogP contribution in [0.1, 0.15) is 16.7 Å². The topological polar surface area (TPSA) is 119 Å². The average molecular weight is 637 g/mol. The minimum Gasteiger partial charge on any atom is -0.456 e. The number of anilines is 2. The molecule has 9 heteroatoms. The van der Waals surface area contributed by atoms with E-state index < -0.39 is 10.2 Å². The molecule has 1 aliphatic rings. The Hall–Kier alpha value is -4.96. The molecule has 0 saturated carbocycles. The summed E-state index contributed by atoms with van der Waals surface area (Å²) in [6.45, 7) is 0. The molecule has 0 spiro atoms. The third kappa shape index (κ3) is 8.19. The van der Waals surface area contributed by atoms with Crippen LogP contribution in [0.15, 0.2) is 126 Å². The Kier molecular flexibility index (Phi) is 9.87. The van der Waals surface area contributed by atoms with E-state index in [2.05, 4.69) is 101 Å². The molecule has 0 N–H and O–H groups in total. The number of rotatable bonds is 6. The molecule has 6 rings (SSSR count). The molecule has 0 saturated heterocycles. The maximum atomic E-state index is 8.49. The van der Waals surface area contributed by atoms with E-state index in [-0.39, 0.29) is 0 Å². The predicted molar refractivity (Wildman–Crippen MR) is 173 cm³/mol. The van der Waals surface area contributed by atoms with Crippen molar-refractivity contribution in [3.63, 3.8) is 0 Å². The minimum absolute atomic E-state index is 0.834. The third-order valence-corrected chi connectivity index (χ3v) is 7.27. The maximum absolute atomic E-state index is 8.49. The van der Waals surface area contributed by atoms with Crippen LogP contribution < -0.4 is 33.2 Å². The first kappa shape index (κ1) is 32.4. The SMILES string of the molecule is CN(C)c1ccc2c(c1)OC(c1ccccc1)=C/C2=C\C=C\c1cc(-c2ccccc2)[o+]c2cc(N(C)C)ccc12.[O-][Cl+3]([O-])([O-])[O-]. The summed E-state index contributed by atoms with van der Waals surface area (Å²) >= 11 is 0. The summed E-state index contributed by atoms with van der Waals surface area (Å²) < 4.78 is 46.8. The zero-order valence-corrected chi connectivity index (χ0v) is 26.6. The Labute approximate surface area is 270 Å². The van der Waals surface area contributed by atoms with Gasteiger partial charge in [0.1, 0.15) is 11.5 Å². The molecule has 2 heterocycles. The van der Waals surface area contributed by atoms with Crippen molar-refractivity contribution in [1.29, 1.82) is 0 Å². The van der Waals surface area contributed by atoms with Crippen molar-refractivity contribution < 1.29 is 38.0 Å². The van der Waals surface area contributed by atoms with Crippen LogP contribution in [0.3, 0.4) is 0 Å². The zero-order valence-electron chi connectivity index (χ0n) is 25.8. The highest BCUT2D eigenvalue weighted by Crippen LogP contribution is 2.39. The monoisotopic (exact) mass is 636 g/mol. The number of nitrogens with zero attached hydrogens (tertiary/aromatic N) is 2. The first-order valence-corrected chi connectivity index (χ1v) is 15.6. The number of allylic oxidation sites excluding steroid dienone is 4. The lowest BCUT2D eigenvalue weighted by Gasteiger charge is -2.23. The molecular weight excluding hydrogens is 604 g/mol. The summed E-state index contributed by atoms with van der Waals surface area (Å²) in [7, 11) is 3.22. The number of ether oxygens (including phenoxy) is 1.